The maximum Gasteiger partial charge on any atom is 0.251 e. The predicted molar refractivity (Wildman–Crippen MR) is 127 cm³/mol. The second-order valence-electron chi connectivity index (χ2n) is 6.34. The minimum Gasteiger partial charge on any atom is -0.351 e. The number of hydrogen-bond donors (Lipinski definition) is 1. The Morgan fingerprint density at radius 3 is 2.38 bits per heavy atom. The summed E-state index contributed by atoms with van der Waals surface area (Å²) in [6.07, 6.45) is 0. The normalized spacial score (nSPS) is 10.7. The van der Waals surface area contributed by atoms with Crippen molar-refractivity contribution < 1.29 is 4.79 Å². The minimum atomic E-state index is -0.0441. The molecule has 0 fully saturated rings. The Morgan fingerprint density at radius 2 is 1.66 bits per heavy atom. The van der Waals surface area contributed by atoms with Gasteiger partial charge in [0.05, 0.1) is 0 Å². The van der Waals surface area contributed by atoms with Gasteiger partial charge in [0, 0.05) is 44.3 Å². The Bertz CT molecular complexity index is 933. The van der Waals surface area contributed by atoms with Crippen LogP contribution in [-0.2, 0) is 11.5 Å². The van der Waals surface area contributed by atoms with Gasteiger partial charge in [0.15, 0.2) is 0 Å². The van der Waals surface area contributed by atoms with Crippen LogP contribution in [0.2, 0.25) is 10.0 Å². The molecule has 0 saturated carbocycles. The van der Waals surface area contributed by atoms with Crippen LogP contribution in [-0.4, -0.2) is 18.2 Å². The van der Waals surface area contributed by atoms with Crippen LogP contribution in [0, 0.1) is 0 Å². The third-order valence-corrected chi connectivity index (χ3v) is 6.85. The molecule has 3 aromatic rings. The van der Waals surface area contributed by atoms with Crippen LogP contribution in [0.4, 0.5) is 0 Å². The van der Waals surface area contributed by atoms with Gasteiger partial charge >= 0.3 is 0 Å². The third kappa shape index (κ3) is 7.31. The Labute approximate surface area is 190 Å². The van der Waals surface area contributed by atoms with Crippen LogP contribution in [0.3, 0.4) is 0 Å². The molecule has 29 heavy (non-hydrogen) atoms. The molecule has 0 radical (unpaired) electrons. The number of carbonyl (C=O) groups is 1. The Kier molecular flexibility index (Phi) is 8.81. The van der Waals surface area contributed by atoms with Gasteiger partial charge in [-0.25, -0.2) is 0 Å². The molecule has 1 amide bonds. The second-order valence-corrected chi connectivity index (χ2v) is 9.34. The van der Waals surface area contributed by atoms with Crippen LogP contribution in [0.25, 0.3) is 0 Å². The molecule has 0 aromatic heterocycles. The van der Waals surface area contributed by atoms with Gasteiger partial charge in [-0.2, -0.15) is 11.8 Å². The van der Waals surface area contributed by atoms with E-state index in [2.05, 4.69) is 17.4 Å². The number of benzene rings is 3. The van der Waals surface area contributed by atoms with Gasteiger partial charge in [0.1, 0.15) is 0 Å². The first kappa shape index (κ1) is 22.1. The van der Waals surface area contributed by atoms with E-state index in [1.54, 1.807) is 29.6 Å². The zero-order chi connectivity index (χ0) is 20.5. The van der Waals surface area contributed by atoms with Crippen LogP contribution in [0.5, 0.6) is 0 Å². The number of thioether (sulfide) groups is 2. The van der Waals surface area contributed by atoms with E-state index >= 15 is 0 Å². The average Bonchev–Trinajstić information content (AvgIpc) is 2.74. The molecule has 0 aliphatic carbocycles. The lowest BCUT2D eigenvalue weighted by Crippen LogP contribution is -2.25. The summed E-state index contributed by atoms with van der Waals surface area (Å²) in [6, 6.07) is 23.6. The van der Waals surface area contributed by atoms with Crippen molar-refractivity contribution in [2.45, 2.75) is 16.4 Å². The third-order valence-electron chi connectivity index (χ3n) is 4.17. The van der Waals surface area contributed by atoms with Gasteiger partial charge in [0.2, 0.25) is 0 Å². The summed E-state index contributed by atoms with van der Waals surface area (Å²) < 4.78 is 0. The standard InChI is InChI=1S/C23H21Cl2NOS2/c24-20-11-10-19(22(25)14-20)16-28-13-12-26-23(27)18-8-6-17(7-9-18)15-29-21-4-2-1-3-5-21/h1-11,14H,12-13,15-16H2,(H,26,27). The largest absolute Gasteiger partial charge is 0.351 e. The summed E-state index contributed by atoms with van der Waals surface area (Å²) in [5.74, 6) is 2.45. The Hall–Kier alpha value is -1.59. The molecule has 1 N–H and O–H groups in total. The fraction of sp³-hybridized carbons (Fsp3) is 0.174. The summed E-state index contributed by atoms with van der Waals surface area (Å²) in [7, 11) is 0. The van der Waals surface area contributed by atoms with E-state index in [1.807, 2.05) is 54.6 Å². The molecular weight excluding hydrogens is 441 g/mol. The highest BCUT2D eigenvalue weighted by Crippen LogP contribution is 2.25. The van der Waals surface area contributed by atoms with Crippen LogP contribution < -0.4 is 5.32 Å². The smallest absolute Gasteiger partial charge is 0.251 e. The number of carbonyl (C=O) groups excluding carboxylic acids is 1. The van der Waals surface area contributed by atoms with Gasteiger partial charge in [-0.15, -0.1) is 11.8 Å². The van der Waals surface area contributed by atoms with Gasteiger partial charge in [-0.05, 0) is 47.5 Å². The highest BCUT2D eigenvalue weighted by molar-refractivity contribution is 7.98. The second kappa shape index (κ2) is 11.6. The topological polar surface area (TPSA) is 29.1 Å². The summed E-state index contributed by atoms with van der Waals surface area (Å²) in [5.41, 5.74) is 2.94. The molecule has 0 unspecified atom stereocenters. The van der Waals surface area contributed by atoms with E-state index in [0.717, 1.165) is 22.8 Å². The van der Waals surface area contributed by atoms with E-state index in [9.17, 15) is 4.79 Å². The molecule has 0 atom stereocenters. The van der Waals surface area contributed by atoms with Crippen LogP contribution >= 0.6 is 46.7 Å². The maximum atomic E-state index is 12.3. The average molecular weight is 462 g/mol. The number of rotatable bonds is 9. The number of nitrogens with one attached hydrogen (secondary N) is 1. The van der Waals surface area contributed by atoms with Crippen molar-refractivity contribution in [2.24, 2.45) is 0 Å². The highest BCUT2D eigenvalue weighted by atomic mass is 35.5. The Balaban J connectivity index is 1.38. The molecule has 0 aliphatic rings. The minimum absolute atomic E-state index is 0.0441. The lowest BCUT2D eigenvalue weighted by Gasteiger charge is -2.08. The predicted octanol–water partition coefficient (Wildman–Crippen LogP) is 6.95. The number of amides is 1. The van der Waals surface area contributed by atoms with E-state index in [-0.39, 0.29) is 5.91 Å². The summed E-state index contributed by atoms with van der Waals surface area (Å²) in [6.45, 7) is 0.611. The molecule has 0 bridgehead atoms. The highest BCUT2D eigenvalue weighted by Gasteiger charge is 2.06. The molecule has 0 heterocycles. The Morgan fingerprint density at radius 1 is 0.897 bits per heavy atom. The molecule has 150 valence electrons. The summed E-state index contributed by atoms with van der Waals surface area (Å²) in [4.78, 5) is 13.5. The van der Waals surface area contributed by atoms with Crippen molar-refractivity contribution in [2.75, 3.05) is 12.3 Å². The number of hydrogen-bond acceptors (Lipinski definition) is 3. The van der Waals surface area contributed by atoms with Crippen molar-refractivity contribution in [1.82, 2.24) is 5.32 Å². The van der Waals surface area contributed by atoms with Gasteiger partial charge in [0.25, 0.3) is 5.91 Å². The molecule has 0 spiro atoms. The van der Waals surface area contributed by atoms with E-state index in [1.165, 1.54) is 10.5 Å². The summed E-state index contributed by atoms with van der Waals surface area (Å²) >= 11 is 15.6. The monoisotopic (exact) mass is 461 g/mol. The molecule has 3 aromatic carbocycles. The first-order chi connectivity index (χ1) is 14.1. The fourth-order valence-electron chi connectivity index (χ4n) is 2.60. The molecule has 3 rings (SSSR count). The quantitative estimate of drug-likeness (QED) is 0.276. The summed E-state index contributed by atoms with van der Waals surface area (Å²) in [5, 5.41) is 4.29. The molecule has 0 aliphatic heterocycles. The van der Waals surface area contributed by atoms with Gasteiger partial charge in [-0.1, -0.05) is 59.6 Å². The maximum absolute atomic E-state index is 12.3. The van der Waals surface area contributed by atoms with Gasteiger partial charge in [-0.3, -0.25) is 4.79 Å². The van der Waals surface area contributed by atoms with Crippen molar-refractivity contribution in [3.8, 4) is 0 Å². The van der Waals surface area contributed by atoms with Crippen molar-refractivity contribution in [3.63, 3.8) is 0 Å². The van der Waals surface area contributed by atoms with E-state index < -0.39 is 0 Å². The SMILES string of the molecule is O=C(NCCSCc1ccc(Cl)cc1Cl)c1ccc(CSc2ccccc2)cc1. The van der Waals surface area contributed by atoms with Crippen LogP contribution in [0.1, 0.15) is 21.5 Å². The first-order valence-electron chi connectivity index (χ1n) is 9.18. The zero-order valence-electron chi connectivity index (χ0n) is 15.7. The zero-order valence-corrected chi connectivity index (χ0v) is 18.9. The van der Waals surface area contributed by atoms with Gasteiger partial charge < -0.3 is 5.32 Å². The van der Waals surface area contributed by atoms with E-state index in [4.69, 9.17) is 23.2 Å². The first-order valence-corrected chi connectivity index (χ1v) is 12.1. The fourth-order valence-corrected chi connectivity index (χ4v) is 4.89. The molecular formula is C23H21Cl2NOS2. The number of halogens is 2. The van der Waals surface area contributed by atoms with Crippen molar-refractivity contribution in [1.29, 1.82) is 0 Å². The van der Waals surface area contributed by atoms with Crippen LogP contribution in [0.15, 0.2) is 77.7 Å². The molecule has 0 saturated heterocycles. The van der Waals surface area contributed by atoms with Crippen molar-refractivity contribution in [3.05, 3.63) is 99.5 Å². The lowest BCUT2D eigenvalue weighted by atomic mass is 10.1. The molecule has 6 heteroatoms. The van der Waals surface area contributed by atoms with Crippen molar-refractivity contribution >= 4 is 52.6 Å². The lowest BCUT2D eigenvalue weighted by molar-refractivity contribution is 0.0956. The molecule has 2 nitrogen and oxygen atoms in total. The van der Waals surface area contributed by atoms with E-state index in [0.29, 0.717) is 22.2 Å².